The fraction of sp³-hybridized carbons (Fsp3) is 0.346. The van der Waals surface area contributed by atoms with Gasteiger partial charge in [0.05, 0.1) is 17.1 Å². The first-order valence-electron chi connectivity index (χ1n) is 11.5. The molecule has 0 atom stereocenters. The zero-order valence-corrected chi connectivity index (χ0v) is 21.3. The Morgan fingerprint density at radius 3 is 2.46 bits per heavy atom. The number of benzene rings is 2. The second-order valence-corrected chi connectivity index (χ2v) is 9.79. The number of carbonyl (C=O) groups excluding carboxylic acids is 1. The van der Waals surface area contributed by atoms with E-state index in [1.54, 1.807) is 0 Å². The fourth-order valence-corrected chi connectivity index (χ4v) is 5.25. The van der Waals surface area contributed by atoms with Gasteiger partial charge in [0, 0.05) is 5.92 Å². The zero-order chi connectivity index (χ0) is 24.9. The molecule has 1 aromatic heterocycles. The number of imidazole rings is 1. The Kier molecular flexibility index (Phi) is 8.23. The highest BCUT2D eigenvalue weighted by Gasteiger charge is 2.31. The van der Waals surface area contributed by atoms with Gasteiger partial charge in [-0.3, -0.25) is 9.36 Å². The van der Waals surface area contributed by atoms with Gasteiger partial charge in [0.2, 0.25) is 0 Å². The third-order valence-electron chi connectivity index (χ3n) is 6.19. The summed E-state index contributed by atoms with van der Waals surface area (Å²) in [6.45, 7) is 0.0630. The number of nitrogens with zero attached hydrogens (tertiary/aromatic N) is 2. The van der Waals surface area contributed by atoms with Crippen LogP contribution in [-0.4, -0.2) is 26.6 Å². The maximum absolute atomic E-state index is 15.5. The summed E-state index contributed by atoms with van der Waals surface area (Å²) in [5.74, 6) is -2.05. The van der Waals surface area contributed by atoms with Gasteiger partial charge < -0.3 is 9.84 Å². The lowest BCUT2D eigenvalue weighted by Crippen LogP contribution is -2.13. The third-order valence-corrected chi connectivity index (χ3v) is 7.21. The Bertz CT molecular complexity index is 1220. The van der Waals surface area contributed by atoms with Crippen molar-refractivity contribution in [3.8, 4) is 5.69 Å². The van der Waals surface area contributed by atoms with Crippen LogP contribution in [0.3, 0.4) is 0 Å². The minimum absolute atomic E-state index is 0.0133. The van der Waals surface area contributed by atoms with Crippen molar-refractivity contribution in [3.63, 3.8) is 0 Å². The first kappa shape index (κ1) is 25.4. The van der Waals surface area contributed by atoms with Gasteiger partial charge in [0.1, 0.15) is 17.0 Å². The molecule has 35 heavy (non-hydrogen) atoms. The molecule has 1 aliphatic rings. The molecule has 0 amide bonds. The molecular formula is C26H25BrClFN2O4. The number of halogens is 3. The first-order chi connectivity index (χ1) is 16.9. The van der Waals surface area contributed by atoms with E-state index in [0.717, 1.165) is 44.1 Å². The quantitative estimate of drug-likeness (QED) is 0.251. The number of esters is 1. The van der Waals surface area contributed by atoms with Crippen LogP contribution in [0.2, 0.25) is 5.02 Å². The Balaban J connectivity index is 1.81. The van der Waals surface area contributed by atoms with Gasteiger partial charge >= 0.3 is 11.9 Å². The number of carboxylic acids is 1. The van der Waals surface area contributed by atoms with E-state index in [1.807, 2.05) is 30.3 Å². The Labute approximate surface area is 216 Å². The van der Waals surface area contributed by atoms with Crippen molar-refractivity contribution < 1.29 is 23.8 Å². The number of aromatic nitrogens is 2. The van der Waals surface area contributed by atoms with Crippen LogP contribution in [0.4, 0.5) is 4.39 Å². The van der Waals surface area contributed by atoms with Crippen molar-refractivity contribution >= 4 is 39.5 Å². The van der Waals surface area contributed by atoms with Gasteiger partial charge in [-0.2, -0.15) is 0 Å². The van der Waals surface area contributed by atoms with Crippen LogP contribution in [0.25, 0.3) is 5.69 Å². The minimum atomic E-state index is -1.11. The Morgan fingerprint density at radius 1 is 1.11 bits per heavy atom. The summed E-state index contributed by atoms with van der Waals surface area (Å²) in [7, 11) is 0. The average molecular weight is 564 g/mol. The van der Waals surface area contributed by atoms with Crippen LogP contribution in [0.5, 0.6) is 0 Å². The molecular weight excluding hydrogens is 539 g/mol. The van der Waals surface area contributed by atoms with E-state index in [2.05, 4.69) is 20.9 Å². The van der Waals surface area contributed by atoms with Gasteiger partial charge in [0.25, 0.3) is 0 Å². The summed E-state index contributed by atoms with van der Waals surface area (Å²) < 4.78 is 22.7. The molecule has 0 radical (unpaired) electrons. The van der Waals surface area contributed by atoms with Crippen molar-refractivity contribution in [1.29, 1.82) is 0 Å². The van der Waals surface area contributed by atoms with Crippen molar-refractivity contribution in [1.82, 2.24) is 9.55 Å². The number of rotatable bonds is 7. The second kappa shape index (κ2) is 11.4. The van der Waals surface area contributed by atoms with E-state index >= 15 is 4.39 Å². The molecule has 1 aliphatic carbocycles. The van der Waals surface area contributed by atoms with Crippen LogP contribution in [-0.2, 0) is 22.6 Å². The minimum Gasteiger partial charge on any atom is -0.481 e. The van der Waals surface area contributed by atoms with Crippen LogP contribution in [0.1, 0.15) is 71.9 Å². The molecule has 1 fully saturated rings. The van der Waals surface area contributed by atoms with Gasteiger partial charge in [-0.1, -0.05) is 73.7 Å². The van der Waals surface area contributed by atoms with Crippen LogP contribution >= 0.6 is 27.5 Å². The molecule has 3 aromatic rings. The number of hydrogen-bond donors (Lipinski definition) is 1. The lowest BCUT2D eigenvalue weighted by Gasteiger charge is -2.19. The summed E-state index contributed by atoms with van der Waals surface area (Å²) in [6.07, 6.45) is 5.43. The van der Waals surface area contributed by atoms with Gasteiger partial charge in [-0.25, -0.2) is 14.2 Å². The van der Waals surface area contributed by atoms with E-state index in [0.29, 0.717) is 5.82 Å². The number of aliphatic carboxylic acids is 1. The molecule has 4 rings (SSSR count). The Morgan fingerprint density at radius 2 is 1.80 bits per heavy atom. The molecule has 1 N–H and O–H groups in total. The van der Waals surface area contributed by atoms with Crippen molar-refractivity contribution in [2.24, 2.45) is 0 Å². The SMILES string of the molecule is O=C(O)Cc1ccc(Cl)c(F)c1-n1c(C2CCCCCC2)nc(C(=O)OCc2ccccc2)c1Br. The maximum atomic E-state index is 15.5. The third kappa shape index (κ3) is 5.76. The first-order valence-corrected chi connectivity index (χ1v) is 12.7. The highest BCUT2D eigenvalue weighted by Crippen LogP contribution is 2.38. The second-order valence-electron chi connectivity index (χ2n) is 8.63. The number of hydrogen-bond acceptors (Lipinski definition) is 4. The molecule has 2 aromatic carbocycles. The fourth-order valence-electron chi connectivity index (χ4n) is 4.49. The topological polar surface area (TPSA) is 81.4 Å². The average Bonchev–Trinajstić information content (AvgIpc) is 3.01. The van der Waals surface area contributed by atoms with Crippen molar-refractivity contribution in [2.45, 2.75) is 57.5 Å². The number of carboxylic acid groups (broad SMARTS) is 1. The molecule has 1 heterocycles. The van der Waals surface area contributed by atoms with Gasteiger partial charge in [-0.05, 0) is 46.0 Å². The van der Waals surface area contributed by atoms with Crippen LogP contribution < -0.4 is 0 Å². The molecule has 6 nitrogen and oxygen atoms in total. The lowest BCUT2D eigenvalue weighted by atomic mass is 9.99. The number of carbonyl (C=O) groups is 2. The molecule has 0 bridgehead atoms. The predicted molar refractivity (Wildman–Crippen MR) is 134 cm³/mol. The molecule has 0 unspecified atom stereocenters. The smallest absolute Gasteiger partial charge is 0.360 e. The lowest BCUT2D eigenvalue weighted by molar-refractivity contribution is -0.136. The van der Waals surface area contributed by atoms with Crippen molar-refractivity contribution in [3.05, 3.63) is 80.6 Å². The summed E-state index contributed by atoms with van der Waals surface area (Å²) in [5, 5.41) is 9.28. The predicted octanol–water partition coefficient (Wildman–Crippen LogP) is 6.85. The molecule has 0 aliphatic heterocycles. The molecule has 1 saturated carbocycles. The van der Waals surface area contributed by atoms with Gasteiger partial charge in [-0.15, -0.1) is 0 Å². The Hall–Kier alpha value is -2.71. The van der Waals surface area contributed by atoms with E-state index in [9.17, 15) is 14.7 Å². The van der Waals surface area contributed by atoms with E-state index in [4.69, 9.17) is 16.3 Å². The van der Waals surface area contributed by atoms with Gasteiger partial charge in [0.15, 0.2) is 11.5 Å². The summed E-state index contributed by atoms with van der Waals surface area (Å²) >= 11 is 9.57. The summed E-state index contributed by atoms with van der Waals surface area (Å²) in [4.78, 5) is 29.2. The number of ether oxygens (including phenoxy) is 1. The monoisotopic (exact) mass is 562 g/mol. The largest absolute Gasteiger partial charge is 0.481 e. The molecule has 0 spiro atoms. The van der Waals surface area contributed by atoms with Crippen molar-refractivity contribution in [2.75, 3.05) is 0 Å². The maximum Gasteiger partial charge on any atom is 0.360 e. The highest BCUT2D eigenvalue weighted by atomic mass is 79.9. The molecule has 0 saturated heterocycles. The standard InChI is InChI=1S/C26H25BrClFN2O4/c27-24-22(26(34)35-15-16-8-4-3-5-9-16)30-25(17-10-6-1-2-7-11-17)31(24)23-18(14-20(32)33)12-13-19(28)21(23)29/h3-5,8-9,12-13,17H,1-2,6-7,10-11,14-15H2,(H,32,33). The molecule has 9 heteroatoms. The highest BCUT2D eigenvalue weighted by molar-refractivity contribution is 9.10. The molecule has 184 valence electrons. The summed E-state index contributed by atoms with van der Waals surface area (Å²) in [5.41, 5.74) is 1.06. The van der Waals surface area contributed by atoms with E-state index in [-0.39, 0.29) is 39.1 Å². The van der Waals surface area contributed by atoms with Crippen LogP contribution in [0.15, 0.2) is 47.1 Å². The zero-order valence-electron chi connectivity index (χ0n) is 19.0. The normalized spacial score (nSPS) is 14.5. The summed E-state index contributed by atoms with van der Waals surface area (Å²) in [6, 6.07) is 12.1. The van der Waals surface area contributed by atoms with E-state index < -0.39 is 24.2 Å². The van der Waals surface area contributed by atoms with E-state index in [1.165, 1.54) is 16.7 Å². The van der Waals surface area contributed by atoms with Crippen LogP contribution in [0, 0.1) is 5.82 Å².